The Morgan fingerprint density at radius 2 is 2.04 bits per heavy atom. The average Bonchev–Trinajstić information content (AvgIpc) is 3.28. The first-order valence-electron chi connectivity index (χ1n) is 7.72. The number of nitrogens with one attached hydrogen (secondary N) is 3. The summed E-state index contributed by atoms with van der Waals surface area (Å²) in [4.78, 5) is 23.4. The molecule has 2 fully saturated rings. The summed E-state index contributed by atoms with van der Waals surface area (Å²) in [6.45, 7) is 2.60. The molecule has 3 N–H and O–H groups in total. The van der Waals surface area contributed by atoms with E-state index >= 15 is 0 Å². The fourth-order valence-corrected chi connectivity index (χ4v) is 2.20. The molecular formula is C16H22ClN3O3. The lowest BCUT2D eigenvalue weighted by Crippen LogP contribution is -2.48. The standard InChI is InChI=1S/C16H21N3O3.ClH/c20-15(18-9-11-7-17-8-11)10-22-14-3-1-2-13(6-14)19-16(21)12-4-5-12;/h1-3,6,11-12,17H,4-5,7-10H2,(H,18,20)(H,19,21);1H. The molecule has 0 bridgehead atoms. The number of hydrogen-bond acceptors (Lipinski definition) is 4. The van der Waals surface area contributed by atoms with E-state index < -0.39 is 0 Å². The fourth-order valence-electron chi connectivity index (χ4n) is 2.20. The zero-order chi connectivity index (χ0) is 15.4. The van der Waals surface area contributed by atoms with Gasteiger partial charge in [-0.2, -0.15) is 0 Å². The van der Waals surface area contributed by atoms with E-state index in [1.54, 1.807) is 18.2 Å². The van der Waals surface area contributed by atoms with Crippen LogP contribution in [0.4, 0.5) is 5.69 Å². The zero-order valence-corrected chi connectivity index (χ0v) is 13.7. The molecule has 2 aliphatic rings. The lowest BCUT2D eigenvalue weighted by atomic mass is 10.0. The summed E-state index contributed by atoms with van der Waals surface area (Å²) in [5.41, 5.74) is 0.704. The number of hydrogen-bond donors (Lipinski definition) is 3. The number of amides is 2. The minimum Gasteiger partial charge on any atom is -0.484 e. The van der Waals surface area contributed by atoms with E-state index in [0.717, 1.165) is 25.9 Å². The first-order chi connectivity index (χ1) is 10.7. The summed E-state index contributed by atoms with van der Waals surface area (Å²) in [5, 5.41) is 8.87. The van der Waals surface area contributed by atoms with Crippen molar-refractivity contribution in [3.8, 4) is 5.75 Å². The third-order valence-electron chi connectivity index (χ3n) is 3.87. The van der Waals surface area contributed by atoms with Crippen LogP contribution in [0.3, 0.4) is 0 Å². The maximum atomic E-state index is 11.7. The molecule has 1 saturated heterocycles. The fraction of sp³-hybridized carbons (Fsp3) is 0.500. The second-order valence-corrected chi connectivity index (χ2v) is 5.91. The molecule has 3 rings (SSSR count). The highest BCUT2D eigenvalue weighted by Crippen LogP contribution is 2.30. The van der Waals surface area contributed by atoms with Crippen LogP contribution in [0.1, 0.15) is 12.8 Å². The molecule has 1 heterocycles. The molecular weight excluding hydrogens is 318 g/mol. The number of carbonyl (C=O) groups excluding carboxylic acids is 2. The normalized spacial score (nSPS) is 16.7. The number of rotatable bonds is 7. The first-order valence-corrected chi connectivity index (χ1v) is 7.72. The van der Waals surface area contributed by atoms with Gasteiger partial charge in [-0.3, -0.25) is 9.59 Å². The van der Waals surface area contributed by atoms with Crippen molar-refractivity contribution in [2.45, 2.75) is 12.8 Å². The Kier molecular flexibility index (Phi) is 6.24. The number of halogens is 1. The second kappa shape index (κ2) is 8.17. The Morgan fingerprint density at radius 3 is 2.70 bits per heavy atom. The Hall–Kier alpha value is -1.79. The topological polar surface area (TPSA) is 79.5 Å². The smallest absolute Gasteiger partial charge is 0.257 e. The summed E-state index contributed by atoms with van der Waals surface area (Å²) in [6.07, 6.45) is 1.94. The van der Waals surface area contributed by atoms with Crippen molar-refractivity contribution in [1.29, 1.82) is 0 Å². The molecule has 0 atom stereocenters. The van der Waals surface area contributed by atoms with Crippen molar-refractivity contribution < 1.29 is 14.3 Å². The predicted molar refractivity (Wildman–Crippen MR) is 89.9 cm³/mol. The Bertz CT molecular complexity index is 559. The van der Waals surface area contributed by atoms with E-state index in [1.807, 2.05) is 6.07 Å². The molecule has 7 heteroatoms. The summed E-state index contributed by atoms with van der Waals surface area (Å²) >= 11 is 0. The number of ether oxygens (including phenoxy) is 1. The highest BCUT2D eigenvalue weighted by molar-refractivity contribution is 5.94. The van der Waals surface area contributed by atoms with Gasteiger partial charge in [0.25, 0.3) is 5.91 Å². The van der Waals surface area contributed by atoms with Crippen LogP contribution in [0.25, 0.3) is 0 Å². The molecule has 0 spiro atoms. The number of carbonyl (C=O) groups is 2. The van der Waals surface area contributed by atoms with Gasteiger partial charge in [-0.15, -0.1) is 12.4 Å². The SMILES string of the molecule is Cl.O=C(COc1cccc(NC(=O)C2CC2)c1)NCC1CNC1. The quantitative estimate of drug-likeness (QED) is 0.696. The van der Waals surface area contributed by atoms with Crippen molar-refractivity contribution in [2.75, 3.05) is 31.6 Å². The summed E-state index contributed by atoms with van der Waals surface area (Å²) in [5.74, 6) is 1.21. The van der Waals surface area contributed by atoms with Crippen molar-refractivity contribution in [2.24, 2.45) is 11.8 Å². The molecule has 1 saturated carbocycles. The molecule has 126 valence electrons. The Balaban J connectivity index is 0.00000192. The van der Waals surface area contributed by atoms with Gasteiger partial charge in [0.1, 0.15) is 5.75 Å². The third-order valence-corrected chi connectivity index (χ3v) is 3.87. The van der Waals surface area contributed by atoms with Gasteiger partial charge >= 0.3 is 0 Å². The van der Waals surface area contributed by atoms with Crippen molar-refractivity contribution >= 4 is 29.9 Å². The maximum absolute atomic E-state index is 11.7. The highest BCUT2D eigenvalue weighted by Gasteiger charge is 2.29. The molecule has 0 aromatic heterocycles. The first kappa shape index (κ1) is 17.6. The average molecular weight is 340 g/mol. The van der Waals surface area contributed by atoms with Crippen molar-refractivity contribution in [1.82, 2.24) is 10.6 Å². The van der Waals surface area contributed by atoms with E-state index in [9.17, 15) is 9.59 Å². The van der Waals surface area contributed by atoms with Gasteiger partial charge in [-0.05, 0) is 25.0 Å². The van der Waals surface area contributed by atoms with Crippen LogP contribution in [0.5, 0.6) is 5.75 Å². The van der Waals surface area contributed by atoms with Crippen LogP contribution in [0.2, 0.25) is 0 Å². The Labute approximate surface area is 141 Å². The number of anilines is 1. The number of benzene rings is 1. The van der Waals surface area contributed by atoms with E-state index in [1.165, 1.54) is 0 Å². The van der Waals surface area contributed by atoms with Gasteiger partial charge in [-0.1, -0.05) is 6.07 Å². The third kappa shape index (κ3) is 5.41. The molecule has 1 aliphatic carbocycles. The van der Waals surface area contributed by atoms with Crippen molar-refractivity contribution in [3.05, 3.63) is 24.3 Å². The minimum absolute atomic E-state index is 0. The molecule has 23 heavy (non-hydrogen) atoms. The molecule has 2 amide bonds. The summed E-state index contributed by atoms with van der Waals surface area (Å²) in [6, 6.07) is 7.13. The predicted octanol–water partition coefficient (Wildman–Crippen LogP) is 1.17. The van der Waals surface area contributed by atoms with Crippen LogP contribution >= 0.6 is 12.4 Å². The van der Waals surface area contributed by atoms with E-state index in [0.29, 0.717) is 23.9 Å². The lowest BCUT2D eigenvalue weighted by molar-refractivity contribution is -0.123. The molecule has 0 unspecified atom stereocenters. The van der Waals surface area contributed by atoms with Crippen LogP contribution in [0, 0.1) is 11.8 Å². The van der Waals surface area contributed by atoms with E-state index in [-0.39, 0.29) is 36.7 Å². The van der Waals surface area contributed by atoms with Gasteiger partial charge in [0.05, 0.1) is 0 Å². The van der Waals surface area contributed by atoms with Crippen LogP contribution in [-0.4, -0.2) is 38.1 Å². The largest absolute Gasteiger partial charge is 0.484 e. The van der Waals surface area contributed by atoms with Gasteiger partial charge in [0.2, 0.25) is 5.91 Å². The maximum Gasteiger partial charge on any atom is 0.257 e. The van der Waals surface area contributed by atoms with E-state index in [4.69, 9.17) is 4.74 Å². The molecule has 1 aromatic rings. The van der Waals surface area contributed by atoms with Crippen LogP contribution < -0.4 is 20.7 Å². The minimum atomic E-state index is -0.126. The van der Waals surface area contributed by atoms with Gasteiger partial charge in [-0.25, -0.2) is 0 Å². The lowest BCUT2D eigenvalue weighted by Gasteiger charge is -2.27. The molecule has 1 aromatic carbocycles. The van der Waals surface area contributed by atoms with E-state index in [2.05, 4.69) is 16.0 Å². The summed E-state index contributed by atoms with van der Waals surface area (Å²) < 4.78 is 5.47. The summed E-state index contributed by atoms with van der Waals surface area (Å²) in [7, 11) is 0. The molecule has 0 radical (unpaired) electrons. The van der Waals surface area contributed by atoms with Gasteiger partial charge in [0, 0.05) is 43.2 Å². The molecule has 6 nitrogen and oxygen atoms in total. The van der Waals surface area contributed by atoms with Gasteiger partial charge in [0.15, 0.2) is 6.61 Å². The van der Waals surface area contributed by atoms with Gasteiger partial charge < -0.3 is 20.7 Å². The van der Waals surface area contributed by atoms with Crippen molar-refractivity contribution in [3.63, 3.8) is 0 Å². The van der Waals surface area contributed by atoms with Crippen LogP contribution in [0.15, 0.2) is 24.3 Å². The highest BCUT2D eigenvalue weighted by atomic mass is 35.5. The Morgan fingerprint density at radius 1 is 1.26 bits per heavy atom. The second-order valence-electron chi connectivity index (χ2n) is 5.91. The van der Waals surface area contributed by atoms with Crippen LogP contribution in [-0.2, 0) is 9.59 Å². The molecule has 1 aliphatic heterocycles. The zero-order valence-electron chi connectivity index (χ0n) is 12.8. The monoisotopic (exact) mass is 339 g/mol.